The molecule has 1 aliphatic carbocycles. The van der Waals surface area contributed by atoms with E-state index in [1.54, 1.807) is 6.26 Å². The molecule has 0 saturated heterocycles. The predicted molar refractivity (Wildman–Crippen MR) is 114 cm³/mol. The van der Waals surface area contributed by atoms with Crippen LogP contribution < -0.4 is 10.6 Å². The number of rotatable bonds is 5. The second kappa shape index (κ2) is 10.5. The summed E-state index contributed by atoms with van der Waals surface area (Å²) in [5, 5.41) is 6.94. The quantitative estimate of drug-likeness (QED) is 0.403. The first-order valence-corrected chi connectivity index (χ1v) is 8.89. The largest absolute Gasteiger partial charge is 0.469 e. The van der Waals surface area contributed by atoms with Crippen molar-refractivity contribution < 1.29 is 4.42 Å². The molecule has 1 aliphatic rings. The molecule has 3 rings (SSSR count). The van der Waals surface area contributed by atoms with Crippen molar-refractivity contribution in [2.75, 3.05) is 13.6 Å². The molecule has 1 saturated carbocycles. The molecule has 1 aromatic heterocycles. The van der Waals surface area contributed by atoms with E-state index in [0.717, 1.165) is 24.7 Å². The van der Waals surface area contributed by atoms with E-state index < -0.39 is 0 Å². The van der Waals surface area contributed by atoms with Gasteiger partial charge in [0.25, 0.3) is 0 Å². The summed E-state index contributed by atoms with van der Waals surface area (Å²) < 4.78 is 5.35. The molecule has 1 heterocycles. The molecular formula is C20H28IN3O. The Kier molecular flexibility index (Phi) is 8.31. The van der Waals surface area contributed by atoms with Gasteiger partial charge >= 0.3 is 0 Å². The third-order valence-corrected chi connectivity index (χ3v) is 4.81. The average Bonchev–Trinajstić information content (AvgIpc) is 3.15. The summed E-state index contributed by atoms with van der Waals surface area (Å²) >= 11 is 0. The number of benzene rings is 1. The molecule has 2 N–H and O–H groups in total. The van der Waals surface area contributed by atoms with Crippen LogP contribution in [0.5, 0.6) is 0 Å². The number of aliphatic imine (C=N–C) groups is 1. The van der Waals surface area contributed by atoms with E-state index in [-0.39, 0.29) is 24.0 Å². The highest BCUT2D eigenvalue weighted by atomic mass is 127. The van der Waals surface area contributed by atoms with Crippen LogP contribution in [-0.2, 0) is 6.42 Å². The second-order valence-electron chi connectivity index (χ2n) is 6.43. The molecule has 0 atom stereocenters. The van der Waals surface area contributed by atoms with Crippen LogP contribution in [0.3, 0.4) is 0 Å². The standard InChI is InChI=1S/C20H27N3O.HI/c1-21-20(22-14-13-19-8-5-15-24-19)23-18-11-9-17(10-12-18)16-6-3-2-4-7-16;/h2-8,15,17-18H,9-14H2,1H3,(H2,21,22,23);1H. The van der Waals surface area contributed by atoms with Gasteiger partial charge in [-0.3, -0.25) is 4.99 Å². The van der Waals surface area contributed by atoms with Gasteiger partial charge in [0.2, 0.25) is 0 Å². The number of halogens is 1. The monoisotopic (exact) mass is 453 g/mol. The summed E-state index contributed by atoms with van der Waals surface area (Å²) in [4.78, 5) is 4.34. The minimum atomic E-state index is 0. The van der Waals surface area contributed by atoms with E-state index in [4.69, 9.17) is 4.42 Å². The molecule has 0 bridgehead atoms. The van der Waals surface area contributed by atoms with Crippen molar-refractivity contribution in [3.8, 4) is 0 Å². The van der Waals surface area contributed by atoms with Crippen molar-refractivity contribution in [2.45, 2.75) is 44.1 Å². The molecule has 0 unspecified atom stereocenters. The molecule has 136 valence electrons. The summed E-state index contributed by atoms with van der Waals surface area (Å²) in [5.41, 5.74) is 1.48. The van der Waals surface area contributed by atoms with Crippen molar-refractivity contribution in [2.24, 2.45) is 4.99 Å². The Labute approximate surface area is 167 Å². The molecule has 25 heavy (non-hydrogen) atoms. The lowest BCUT2D eigenvalue weighted by Gasteiger charge is -2.30. The minimum Gasteiger partial charge on any atom is -0.469 e. The lowest BCUT2D eigenvalue weighted by molar-refractivity contribution is 0.371. The lowest BCUT2D eigenvalue weighted by Crippen LogP contribution is -2.45. The van der Waals surface area contributed by atoms with Gasteiger partial charge in [0.1, 0.15) is 5.76 Å². The Hall–Kier alpha value is -1.50. The van der Waals surface area contributed by atoms with Crippen LogP contribution in [0.2, 0.25) is 0 Å². The van der Waals surface area contributed by atoms with E-state index in [9.17, 15) is 0 Å². The third kappa shape index (κ3) is 6.06. The Bertz CT molecular complexity index is 620. The van der Waals surface area contributed by atoms with Gasteiger partial charge in [-0.05, 0) is 49.3 Å². The van der Waals surface area contributed by atoms with Gasteiger partial charge in [-0.25, -0.2) is 0 Å². The van der Waals surface area contributed by atoms with Gasteiger partial charge in [0.15, 0.2) is 5.96 Å². The van der Waals surface area contributed by atoms with E-state index >= 15 is 0 Å². The Balaban J connectivity index is 0.00000225. The van der Waals surface area contributed by atoms with Crippen molar-refractivity contribution in [1.29, 1.82) is 0 Å². The van der Waals surface area contributed by atoms with E-state index in [2.05, 4.69) is 46.0 Å². The van der Waals surface area contributed by atoms with Crippen LogP contribution >= 0.6 is 24.0 Å². The SMILES string of the molecule is CN=C(NCCc1ccco1)NC1CCC(c2ccccc2)CC1.I. The van der Waals surface area contributed by atoms with Gasteiger partial charge in [0.05, 0.1) is 6.26 Å². The van der Waals surface area contributed by atoms with Gasteiger partial charge in [-0.15, -0.1) is 24.0 Å². The second-order valence-corrected chi connectivity index (χ2v) is 6.43. The van der Waals surface area contributed by atoms with E-state index in [0.29, 0.717) is 12.0 Å². The zero-order chi connectivity index (χ0) is 16.6. The zero-order valence-corrected chi connectivity index (χ0v) is 17.1. The predicted octanol–water partition coefficient (Wildman–Crippen LogP) is 4.33. The Morgan fingerprint density at radius 3 is 2.48 bits per heavy atom. The van der Waals surface area contributed by atoms with Crippen molar-refractivity contribution in [3.63, 3.8) is 0 Å². The summed E-state index contributed by atoms with van der Waals surface area (Å²) in [6, 6.07) is 15.3. The summed E-state index contributed by atoms with van der Waals surface area (Å²) in [7, 11) is 1.83. The maximum Gasteiger partial charge on any atom is 0.191 e. The fourth-order valence-electron chi connectivity index (χ4n) is 3.44. The number of guanidine groups is 1. The maximum absolute atomic E-state index is 5.35. The number of hydrogen-bond acceptors (Lipinski definition) is 2. The molecule has 0 radical (unpaired) electrons. The number of hydrogen-bond donors (Lipinski definition) is 2. The highest BCUT2D eigenvalue weighted by Gasteiger charge is 2.22. The zero-order valence-electron chi connectivity index (χ0n) is 14.8. The highest BCUT2D eigenvalue weighted by Crippen LogP contribution is 2.32. The van der Waals surface area contributed by atoms with Crippen LogP contribution in [0.25, 0.3) is 0 Å². The number of furan rings is 1. The van der Waals surface area contributed by atoms with Crippen LogP contribution in [0.1, 0.15) is 42.9 Å². The van der Waals surface area contributed by atoms with Crippen molar-refractivity contribution >= 4 is 29.9 Å². The highest BCUT2D eigenvalue weighted by molar-refractivity contribution is 14.0. The summed E-state index contributed by atoms with van der Waals surface area (Å²) in [6.45, 7) is 0.826. The Morgan fingerprint density at radius 2 is 1.84 bits per heavy atom. The Morgan fingerprint density at radius 1 is 1.08 bits per heavy atom. The van der Waals surface area contributed by atoms with Crippen LogP contribution in [-0.4, -0.2) is 25.6 Å². The van der Waals surface area contributed by atoms with E-state index in [1.807, 2.05) is 19.2 Å². The summed E-state index contributed by atoms with van der Waals surface area (Å²) in [5.74, 6) is 2.60. The van der Waals surface area contributed by atoms with Crippen LogP contribution in [0.4, 0.5) is 0 Å². The molecule has 5 heteroatoms. The molecule has 1 aromatic carbocycles. The molecule has 2 aromatic rings. The summed E-state index contributed by atoms with van der Waals surface area (Å²) in [6.07, 6.45) is 7.45. The maximum atomic E-state index is 5.35. The molecule has 0 spiro atoms. The fraction of sp³-hybridized carbons (Fsp3) is 0.450. The van der Waals surface area contributed by atoms with Crippen molar-refractivity contribution in [1.82, 2.24) is 10.6 Å². The van der Waals surface area contributed by atoms with Crippen LogP contribution in [0, 0.1) is 0 Å². The average molecular weight is 453 g/mol. The fourth-order valence-corrected chi connectivity index (χ4v) is 3.44. The van der Waals surface area contributed by atoms with Crippen molar-refractivity contribution in [3.05, 3.63) is 60.1 Å². The van der Waals surface area contributed by atoms with Gasteiger partial charge in [-0.1, -0.05) is 30.3 Å². The van der Waals surface area contributed by atoms with Crippen LogP contribution in [0.15, 0.2) is 58.1 Å². The lowest BCUT2D eigenvalue weighted by atomic mass is 9.82. The van der Waals surface area contributed by atoms with Gasteiger partial charge in [0, 0.05) is 26.1 Å². The topological polar surface area (TPSA) is 49.6 Å². The van der Waals surface area contributed by atoms with Gasteiger partial charge < -0.3 is 15.1 Å². The smallest absolute Gasteiger partial charge is 0.191 e. The normalized spacial score (nSPS) is 20.6. The molecule has 0 amide bonds. The molecule has 4 nitrogen and oxygen atoms in total. The molecule has 1 fully saturated rings. The third-order valence-electron chi connectivity index (χ3n) is 4.81. The first-order chi connectivity index (χ1) is 11.8. The minimum absolute atomic E-state index is 0. The molecular weight excluding hydrogens is 425 g/mol. The molecule has 0 aliphatic heterocycles. The number of nitrogens with one attached hydrogen (secondary N) is 2. The number of nitrogens with zero attached hydrogens (tertiary/aromatic N) is 1. The van der Waals surface area contributed by atoms with E-state index in [1.165, 1.54) is 31.2 Å². The first-order valence-electron chi connectivity index (χ1n) is 8.89. The van der Waals surface area contributed by atoms with Gasteiger partial charge in [-0.2, -0.15) is 0 Å². The first kappa shape index (κ1) is 19.8.